The van der Waals surface area contributed by atoms with Crippen LogP contribution in [0.5, 0.6) is 0 Å². The zero-order valence-corrected chi connectivity index (χ0v) is 18.1. The van der Waals surface area contributed by atoms with Gasteiger partial charge in [-0.1, -0.05) is 19.6 Å². The Morgan fingerprint density at radius 3 is 2.55 bits per heavy atom. The fraction of sp³-hybridized carbons (Fsp3) is 0.381. The number of nitriles is 1. The molecule has 164 valence electrons. The number of imidazole rings is 1. The Morgan fingerprint density at radius 1 is 1.42 bits per heavy atom. The van der Waals surface area contributed by atoms with Gasteiger partial charge in [0, 0.05) is 18.8 Å². The number of alkyl halides is 3. The SMILES string of the molecule is C=C(/C(=C\C(=C/C)C(F)(F)F)S(=O)(=O)CC)c1nc2cc(C3(C#N)CC3)cnc2n1C. The Kier molecular flexibility index (Phi) is 5.61. The first kappa shape index (κ1) is 22.7. The monoisotopic (exact) mass is 450 g/mol. The summed E-state index contributed by atoms with van der Waals surface area (Å²) in [5.41, 5.74) is -0.307. The third-order valence-electron chi connectivity index (χ3n) is 5.43. The van der Waals surface area contributed by atoms with Crippen LogP contribution in [0.2, 0.25) is 0 Å². The maximum Gasteiger partial charge on any atom is 0.416 e. The lowest BCUT2D eigenvalue weighted by molar-refractivity contribution is -0.0883. The van der Waals surface area contributed by atoms with Gasteiger partial charge in [-0.15, -0.1) is 0 Å². The molecule has 0 saturated heterocycles. The van der Waals surface area contributed by atoms with Gasteiger partial charge in [-0.2, -0.15) is 18.4 Å². The van der Waals surface area contributed by atoms with Gasteiger partial charge in [-0.25, -0.2) is 18.4 Å². The second kappa shape index (κ2) is 7.64. The summed E-state index contributed by atoms with van der Waals surface area (Å²) in [5, 5.41) is 9.40. The number of aromatic nitrogens is 3. The highest BCUT2D eigenvalue weighted by molar-refractivity contribution is 7.95. The molecule has 0 bridgehead atoms. The number of hydrogen-bond acceptors (Lipinski definition) is 5. The molecular formula is C21H21F3N4O2S. The number of allylic oxidation sites excluding steroid dienone is 4. The highest BCUT2D eigenvalue weighted by Gasteiger charge is 2.45. The number of hydrogen-bond donors (Lipinski definition) is 0. The standard InChI is InChI=1S/C21H21F3N4O2S/c1-5-14(21(22,23)24)10-17(31(29,30)6-2)13(3)18-27-16-9-15(20(12-25)7-8-20)11-26-19(16)28(18)4/h5,9-11H,3,6-8H2,1-2,4H3/b14-5+,17-10+. The van der Waals surface area contributed by atoms with Crippen molar-refractivity contribution >= 4 is 26.6 Å². The highest BCUT2D eigenvalue weighted by atomic mass is 32.2. The van der Waals surface area contributed by atoms with Crippen molar-refractivity contribution in [1.82, 2.24) is 14.5 Å². The Bertz CT molecular complexity index is 1270. The molecule has 0 N–H and O–H groups in total. The van der Waals surface area contributed by atoms with E-state index in [0.29, 0.717) is 35.6 Å². The van der Waals surface area contributed by atoms with Gasteiger partial charge in [0.25, 0.3) is 0 Å². The van der Waals surface area contributed by atoms with Crippen molar-refractivity contribution in [2.24, 2.45) is 7.05 Å². The van der Waals surface area contributed by atoms with Crippen molar-refractivity contribution in [2.45, 2.75) is 38.3 Å². The third-order valence-corrected chi connectivity index (χ3v) is 7.23. The van der Waals surface area contributed by atoms with E-state index in [2.05, 4.69) is 22.6 Å². The van der Waals surface area contributed by atoms with Crippen molar-refractivity contribution < 1.29 is 21.6 Å². The number of nitrogens with zero attached hydrogens (tertiary/aromatic N) is 4. The van der Waals surface area contributed by atoms with Crippen molar-refractivity contribution in [3.63, 3.8) is 0 Å². The average Bonchev–Trinajstić information content (AvgIpc) is 3.45. The molecule has 0 radical (unpaired) electrons. The summed E-state index contributed by atoms with van der Waals surface area (Å²) < 4.78 is 66.6. The smallest absolute Gasteiger partial charge is 0.312 e. The van der Waals surface area contributed by atoms with Crippen LogP contribution in [0.4, 0.5) is 13.2 Å². The van der Waals surface area contributed by atoms with E-state index in [9.17, 15) is 26.9 Å². The van der Waals surface area contributed by atoms with Crippen LogP contribution in [0.25, 0.3) is 16.7 Å². The maximum absolute atomic E-state index is 13.3. The summed E-state index contributed by atoms with van der Waals surface area (Å²) in [6.45, 7) is 6.29. The largest absolute Gasteiger partial charge is 0.416 e. The Morgan fingerprint density at radius 2 is 2.06 bits per heavy atom. The molecular weight excluding hydrogens is 429 g/mol. The third kappa shape index (κ3) is 4.02. The summed E-state index contributed by atoms with van der Waals surface area (Å²) in [6, 6.07) is 3.98. The summed E-state index contributed by atoms with van der Waals surface area (Å²) in [7, 11) is -2.47. The van der Waals surface area contributed by atoms with Gasteiger partial charge in [-0.05, 0) is 37.5 Å². The first-order valence-corrected chi connectivity index (χ1v) is 11.2. The van der Waals surface area contributed by atoms with Crippen LogP contribution >= 0.6 is 0 Å². The zero-order chi connectivity index (χ0) is 23.2. The molecule has 10 heteroatoms. The van der Waals surface area contributed by atoms with Crippen molar-refractivity contribution in [1.29, 1.82) is 5.26 Å². The number of rotatable bonds is 6. The number of fused-ring (bicyclic) bond motifs is 1. The van der Waals surface area contributed by atoms with Crippen LogP contribution in [0.1, 0.15) is 38.1 Å². The maximum atomic E-state index is 13.3. The lowest BCUT2D eigenvalue weighted by Gasteiger charge is -2.14. The molecule has 0 atom stereocenters. The lowest BCUT2D eigenvalue weighted by Crippen LogP contribution is -2.15. The van der Waals surface area contributed by atoms with Gasteiger partial charge in [0.15, 0.2) is 15.5 Å². The van der Waals surface area contributed by atoms with Gasteiger partial charge < -0.3 is 4.57 Å². The van der Waals surface area contributed by atoms with E-state index in [4.69, 9.17) is 0 Å². The van der Waals surface area contributed by atoms with Crippen LogP contribution in [0, 0.1) is 11.3 Å². The molecule has 0 spiro atoms. The van der Waals surface area contributed by atoms with E-state index in [-0.39, 0.29) is 11.4 Å². The van der Waals surface area contributed by atoms with E-state index in [0.717, 1.165) is 6.08 Å². The van der Waals surface area contributed by atoms with Gasteiger partial charge in [0.2, 0.25) is 0 Å². The molecule has 0 aliphatic heterocycles. The molecule has 0 unspecified atom stereocenters. The second-order valence-electron chi connectivity index (χ2n) is 7.39. The topological polar surface area (TPSA) is 88.6 Å². The quantitative estimate of drug-likeness (QED) is 0.610. The minimum atomic E-state index is -4.72. The predicted octanol–water partition coefficient (Wildman–Crippen LogP) is 4.36. The highest BCUT2D eigenvalue weighted by Crippen LogP contribution is 2.47. The number of pyridine rings is 1. The molecule has 1 aliphatic rings. The van der Waals surface area contributed by atoms with Crippen LogP contribution < -0.4 is 0 Å². The molecule has 1 aliphatic carbocycles. The molecule has 0 aromatic carbocycles. The molecule has 0 amide bonds. The summed E-state index contributed by atoms with van der Waals surface area (Å²) in [6.07, 6.45) is -0.314. The number of halogens is 3. The average molecular weight is 450 g/mol. The second-order valence-corrected chi connectivity index (χ2v) is 9.63. The molecule has 6 nitrogen and oxygen atoms in total. The fourth-order valence-corrected chi connectivity index (χ4v) is 4.38. The molecule has 1 fully saturated rings. The fourth-order valence-electron chi connectivity index (χ4n) is 3.30. The lowest BCUT2D eigenvalue weighted by atomic mass is 10.00. The molecule has 3 rings (SSSR count). The molecule has 1 saturated carbocycles. The van der Waals surface area contributed by atoms with Crippen molar-refractivity contribution in [3.8, 4) is 6.07 Å². The molecule has 31 heavy (non-hydrogen) atoms. The Hall–Kier alpha value is -2.93. The molecule has 2 heterocycles. The van der Waals surface area contributed by atoms with Crippen LogP contribution in [0.15, 0.2) is 41.5 Å². The summed E-state index contributed by atoms with van der Waals surface area (Å²) in [5.74, 6) is -0.314. The van der Waals surface area contributed by atoms with Crippen molar-refractivity contribution in [2.75, 3.05) is 5.75 Å². The van der Waals surface area contributed by atoms with Gasteiger partial charge >= 0.3 is 6.18 Å². The predicted molar refractivity (Wildman–Crippen MR) is 111 cm³/mol. The normalized spacial score (nSPS) is 16.9. The van der Waals surface area contributed by atoms with Gasteiger partial charge in [0.1, 0.15) is 11.3 Å². The molecule has 2 aromatic rings. The Labute approximate surface area is 178 Å². The zero-order valence-electron chi connectivity index (χ0n) is 17.3. The van der Waals surface area contributed by atoms with E-state index >= 15 is 0 Å². The van der Waals surface area contributed by atoms with E-state index in [1.165, 1.54) is 18.4 Å². The van der Waals surface area contributed by atoms with E-state index < -0.39 is 37.7 Å². The number of aryl methyl sites for hydroxylation is 1. The van der Waals surface area contributed by atoms with E-state index in [1.54, 1.807) is 19.3 Å². The first-order valence-electron chi connectivity index (χ1n) is 9.52. The van der Waals surface area contributed by atoms with Gasteiger partial charge in [0.05, 0.1) is 27.7 Å². The Balaban J connectivity index is 2.16. The van der Waals surface area contributed by atoms with Crippen LogP contribution in [0.3, 0.4) is 0 Å². The van der Waals surface area contributed by atoms with Crippen LogP contribution in [-0.2, 0) is 22.3 Å². The first-order chi connectivity index (χ1) is 14.4. The van der Waals surface area contributed by atoms with Gasteiger partial charge in [-0.3, -0.25) is 0 Å². The summed E-state index contributed by atoms with van der Waals surface area (Å²) >= 11 is 0. The minimum absolute atomic E-state index is 0.0855. The molecule has 2 aromatic heterocycles. The number of sulfone groups is 1. The summed E-state index contributed by atoms with van der Waals surface area (Å²) in [4.78, 5) is 8.20. The minimum Gasteiger partial charge on any atom is -0.312 e. The van der Waals surface area contributed by atoms with E-state index in [1.807, 2.05) is 0 Å². The van der Waals surface area contributed by atoms with Crippen molar-refractivity contribution in [3.05, 3.63) is 52.9 Å². The van der Waals surface area contributed by atoms with Crippen LogP contribution in [-0.4, -0.2) is 34.9 Å².